The Morgan fingerprint density at radius 3 is 1.78 bits per heavy atom. The molecule has 0 N–H and O–H groups in total. The summed E-state index contributed by atoms with van der Waals surface area (Å²) >= 11 is 0. The number of rotatable bonds is 1. The molecule has 0 atom stereocenters. The second-order valence-corrected chi connectivity index (χ2v) is 8.83. The fourth-order valence-corrected chi connectivity index (χ4v) is 1.58. The van der Waals surface area contributed by atoms with Crippen molar-refractivity contribution in [3.8, 4) is 0 Å². The summed E-state index contributed by atoms with van der Waals surface area (Å²) in [5.74, 6) is 0. The Kier molecular flexibility index (Phi) is 1.40. The molecule has 3 nitrogen and oxygen atoms in total. The SMILES string of the molecule is C[SiH-](C)(C)n1nccn1. The Balaban J connectivity index is 2.90. The molecule has 9 heavy (non-hydrogen) atoms. The molecule has 0 unspecified atom stereocenters. The van der Waals surface area contributed by atoms with E-state index in [4.69, 9.17) is 0 Å². The fraction of sp³-hybridized carbons (Fsp3) is 0.600. The molecule has 0 saturated carbocycles. The normalized spacial score (nSPS) is 13.7. The first-order valence-electron chi connectivity index (χ1n) is 3.24. The monoisotopic (exact) mass is 142 g/mol. The Labute approximate surface area is 55.8 Å². The van der Waals surface area contributed by atoms with Crippen molar-refractivity contribution in [2.24, 2.45) is 0 Å². The molecule has 0 bridgehead atoms. The topological polar surface area (TPSA) is 30.7 Å². The molecule has 0 fully saturated rings. The third-order valence-electron chi connectivity index (χ3n) is 1.13. The average Bonchev–Trinajstić information content (AvgIpc) is 2.08. The van der Waals surface area contributed by atoms with E-state index in [1.54, 1.807) is 12.4 Å². The van der Waals surface area contributed by atoms with Gasteiger partial charge in [0.05, 0.1) is 0 Å². The number of hydrogen-bond donors (Lipinski definition) is 0. The van der Waals surface area contributed by atoms with Crippen LogP contribution < -0.4 is 0 Å². The van der Waals surface area contributed by atoms with Gasteiger partial charge in [-0.3, -0.25) is 0 Å². The van der Waals surface area contributed by atoms with Crippen molar-refractivity contribution < 1.29 is 0 Å². The van der Waals surface area contributed by atoms with E-state index in [2.05, 4.69) is 29.8 Å². The van der Waals surface area contributed by atoms with E-state index in [9.17, 15) is 0 Å². The van der Waals surface area contributed by atoms with Gasteiger partial charge in [0.2, 0.25) is 0 Å². The van der Waals surface area contributed by atoms with Gasteiger partial charge < -0.3 is 0 Å². The van der Waals surface area contributed by atoms with Crippen LogP contribution in [0.5, 0.6) is 0 Å². The van der Waals surface area contributed by atoms with Gasteiger partial charge in [-0.05, 0) is 0 Å². The van der Waals surface area contributed by atoms with Crippen molar-refractivity contribution in [3.63, 3.8) is 0 Å². The molecule has 52 valence electrons. The van der Waals surface area contributed by atoms with Gasteiger partial charge in [0.15, 0.2) is 0 Å². The number of aromatic nitrogens is 3. The third kappa shape index (κ3) is 1.38. The molecule has 0 aliphatic rings. The first-order valence-corrected chi connectivity index (χ1v) is 7.22. The van der Waals surface area contributed by atoms with E-state index in [1.807, 2.05) is 4.46 Å². The summed E-state index contributed by atoms with van der Waals surface area (Å²) in [5, 5.41) is 8.13. The van der Waals surface area contributed by atoms with Gasteiger partial charge in [0.1, 0.15) is 0 Å². The van der Waals surface area contributed by atoms with Crippen LogP contribution in [0.15, 0.2) is 12.4 Å². The Morgan fingerprint density at radius 2 is 1.56 bits per heavy atom. The van der Waals surface area contributed by atoms with Crippen molar-refractivity contribution in [2.45, 2.75) is 19.6 Å². The molecule has 0 amide bonds. The van der Waals surface area contributed by atoms with Crippen molar-refractivity contribution >= 4 is 8.24 Å². The average molecular weight is 142 g/mol. The number of hydrogen-bond acceptors (Lipinski definition) is 2. The van der Waals surface area contributed by atoms with Gasteiger partial charge in [-0.15, -0.1) is 0 Å². The summed E-state index contributed by atoms with van der Waals surface area (Å²) in [5.41, 5.74) is 0. The molecular formula is C5H12N3Si-. The number of nitrogens with zero attached hydrogens (tertiary/aromatic N) is 3. The standard InChI is InChI=1S/C5H12N3Si/c1-9(2,3)8-6-4-5-7-8/h4-5,9H,1-3H3/q-1. The Hall–Kier alpha value is -0.643. The first kappa shape index (κ1) is 6.48. The van der Waals surface area contributed by atoms with Crippen molar-refractivity contribution in [2.75, 3.05) is 0 Å². The molecule has 0 spiro atoms. The van der Waals surface area contributed by atoms with Crippen LogP contribution in [0.4, 0.5) is 0 Å². The maximum absolute atomic E-state index is 4.07. The summed E-state index contributed by atoms with van der Waals surface area (Å²) in [6.07, 6.45) is 3.45. The molecule has 1 rings (SSSR count). The maximum atomic E-state index is 4.07. The quantitative estimate of drug-likeness (QED) is 0.540. The van der Waals surface area contributed by atoms with Crippen LogP contribution in [-0.4, -0.2) is 22.9 Å². The molecule has 0 aliphatic heterocycles. The second kappa shape index (κ2) is 1.95. The van der Waals surface area contributed by atoms with Crippen LogP contribution in [0.2, 0.25) is 19.6 Å². The molecule has 4 heteroatoms. The Bertz CT molecular complexity index is 175. The van der Waals surface area contributed by atoms with Crippen LogP contribution in [0, 0.1) is 0 Å². The van der Waals surface area contributed by atoms with Crippen LogP contribution in [0.1, 0.15) is 0 Å². The van der Waals surface area contributed by atoms with Gasteiger partial charge in [0, 0.05) is 0 Å². The summed E-state index contributed by atoms with van der Waals surface area (Å²) in [6, 6.07) is 0. The summed E-state index contributed by atoms with van der Waals surface area (Å²) in [4.78, 5) is 0. The molecule has 0 saturated heterocycles. The fourth-order valence-electron chi connectivity index (χ4n) is 0.626. The van der Waals surface area contributed by atoms with Crippen molar-refractivity contribution in [3.05, 3.63) is 12.4 Å². The van der Waals surface area contributed by atoms with Gasteiger partial charge in [-0.1, -0.05) is 0 Å². The molecule has 0 aliphatic carbocycles. The van der Waals surface area contributed by atoms with E-state index >= 15 is 0 Å². The zero-order valence-electron chi connectivity index (χ0n) is 6.07. The molecule has 1 aromatic heterocycles. The Morgan fingerprint density at radius 1 is 1.11 bits per heavy atom. The predicted octanol–water partition coefficient (Wildman–Crippen LogP) is 0.693. The minimum absolute atomic E-state index is 1.55. The summed E-state index contributed by atoms with van der Waals surface area (Å²) in [6.45, 7) is 6.69. The summed E-state index contributed by atoms with van der Waals surface area (Å²) < 4.78 is 1.85. The van der Waals surface area contributed by atoms with Crippen LogP contribution >= 0.6 is 0 Å². The van der Waals surface area contributed by atoms with Crippen LogP contribution in [0.3, 0.4) is 0 Å². The van der Waals surface area contributed by atoms with Crippen LogP contribution in [-0.2, 0) is 0 Å². The zero-order valence-corrected chi connectivity index (χ0v) is 7.23. The molecule has 1 heterocycles. The van der Waals surface area contributed by atoms with E-state index in [0.29, 0.717) is 0 Å². The summed E-state index contributed by atoms with van der Waals surface area (Å²) in [7, 11) is -1.55. The predicted molar refractivity (Wildman–Crippen MR) is 40.2 cm³/mol. The van der Waals surface area contributed by atoms with E-state index < -0.39 is 8.24 Å². The van der Waals surface area contributed by atoms with Gasteiger partial charge >= 0.3 is 54.9 Å². The van der Waals surface area contributed by atoms with Crippen LogP contribution in [0.25, 0.3) is 0 Å². The molecule has 1 aromatic rings. The molecule has 0 radical (unpaired) electrons. The van der Waals surface area contributed by atoms with Crippen molar-refractivity contribution in [1.82, 2.24) is 14.7 Å². The van der Waals surface area contributed by atoms with Gasteiger partial charge in [-0.25, -0.2) is 0 Å². The minimum atomic E-state index is -1.55. The first-order chi connectivity index (χ1) is 4.11. The molecular weight excluding hydrogens is 130 g/mol. The van der Waals surface area contributed by atoms with Gasteiger partial charge in [-0.2, -0.15) is 0 Å². The van der Waals surface area contributed by atoms with Crippen molar-refractivity contribution in [1.29, 1.82) is 0 Å². The molecule has 0 aromatic carbocycles. The third-order valence-corrected chi connectivity index (χ3v) is 2.78. The van der Waals surface area contributed by atoms with Gasteiger partial charge in [0.25, 0.3) is 0 Å². The van der Waals surface area contributed by atoms with E-state index in [1.165, 1.54) is 0 Å². The van der Waals surface area contributed by atoms with E-state index in [0.717, 1.165) is 0 Å². The second-order valence-electron chi connectivity index (χ2n) is 3.36. The van der Waals surface area contributed by atoms with E-state index in [-0.39, 0.29) is 0 Å². The zero-order chi connectivity index (χ0) is 6.91.